The third kappa shape index (κ3) is 3.87. The number of fused-ring (bicyclic) bond motifs is 1. The third-order valence-electron chi connectivity index (χ3n) is 5.87. The number of ether oxygens (including phenoxy) is 1. The predicted octanol–water partition coefficient (Wildman–Crippen LogP) is 4.05. The molecule has 0 radical (unpaired) electrons. The van der Waals surface area contributed by atoms with E-state index in [0.29, 0.717) is 29.1 Å². The summed E-state index contributed by atoms with van der Waals surface area (Å²) in [6, 6.07) is 5.55. The second-order valence-corrected chi connectivity index (χ2v) is 8.60. The van der Waals surface area contributed by atoms with Gasteiger partial charge < -0.3 is 21.1 Å². The van der Waals surface area contributed by atoms with Crippen LogP contribution in [0.4, 0.5) is 5.69 Å². The molecule has 1 aromatic rings. The number of nitrogens with two attached hydrogens (primary N) is 1. The molecular weight excluding hydrogens is 358 g/mol. The second kappa shape index (κ2) is 7.98. The number of hydrogen-bond donors (Lipinski definition) is 3. The average Bonchev–Trinajstić information content (AvgIpc) is 3.16. The molecular formula is C21H27N3O2S. The van der Waals surface area contributed by atoms with Crippen LogP contribution in [0.5, 0.6) is 5.75 Å². The van der Waals surface area contributed by atoms with Crippen LogP contribution < -0.4 is 21.1 Å². The topological polar surface area (TPSA) is 76.4 Å². The molecule has 0 bridgehead atoms. The molecule has 1 saturated carbocycles. The van der Waals surface area contributed by atoms with Crippen LogP contribution >= 0.6 is 11.8 Å². The van der Waals surface area contributed by atoms with Gasteiger partial charge in [-0.3, -0.25) is 4.79 Å². The summed E-state index contributed by atoms with van der Waals surface area (Å²) in [6.45, 7) is 0.803. The monoisotopic (exact) mass is 385 g/mol. The van der Waals surface area contributed by atoms with E-state index in [1.165, 1.54) is 30.6 Å². The lowest BCUT2D eigenvalue weighted by molar-refractivity contribution is 0.0963. The standard InChI is InChI=1S/C21H27N3O2S/c1-26-16-5-6-18-17(11-16)21(25)24-20(23-18)19-15(7-8-27-19)10-13-3-2-4-14(9-13)12-22/h5-8,11,13-15,23H,2-4,9-10,12,22H2,1H3,(H,24,25). The maximum absolute atomic E-state index is 12.6. The number of thioether (sulfide) groups is 1. The van der Waals surface area contributed by atoms with Crippen molar-refractivity contribution < 1.29 is 9.53 Å². The third-order valence-corrected chi connectivity index (χ3v) is 6.92. The Bertz CT molecular complexity index is 790. The fourth-order valence-corrected chi connectivity index (χ4v) is 5.40. The van der Waals surface area contributed by atoms with Gasteiger partial charge in [0.2, 0.25) is 0 Å². The molecule has 1 amide bonds. The van der Waals surface area contributed by atoms with E-state index in [2.05, 4.69) is 22.1 Å². The Morgan fingerprint density at radius 3 is 2.93 bits per heavy atom. The molecule has 27 heavy (non-hydrogen) atoms. The molecule has 5 nitrogen and oxygen atoms in total. The van der Waals surface area contributed by atoms with Crippen molar-refractivity contribution in [3.63, 3.8) is 0 Å². The summed E-state index contributed by atoms with van der Waals surface area (Å²) in [5.41, 5.74) is 7.35. The number of anilines is 1. The minimum atomic E-state index is -0.0859. The Labute approximate surface area is 164 Å². The lowest BCUT2D eigenvalue weighted by atomic mass is 9.77. The van der Waals surface area contributed by atoms with Gasteiger partial charge in [-0.05, 0) is 61.3 Å². The van der Waals surface area contributed by atoms with Crippen molar-refractivity contribution in [3.8, 4) is 5.75 Å². The number of allylic oxidation sites excluding steroid dienone is 2. The predicted molar refractivity (Wildman–Crippen MR) is 110 cm³/mol. The average molecular weight is 386 g/mol. The van der Waals surface area contributed by atoms with Crippen molar-refractivity contribution >= 4 is 23.4 Å². The van der Waals surface area contributed by atoms with Crippen LogP contribution in [-0.4, -0.2) is 19.6 Å². The Morgan fingerprint density at radius 1 is 1.26 bits per heavy atom. The van der Waals surface area contributed by atoms with E-state index in [-0.39, 0.29) is 5.91 Å². The molecule has 0 aromatic heterocycles. The molecule has 144 valence electrons. The fraction of sp³-hybridized carbons (Fsp3) is 0.476. The molecule has 1 aliphatic carbocycles. The van der Waals surface area contributed by atoms with Crippen LogP contribution in [0.3, 0.4) is 0 Å². The Morgan fingerprint density at radius 2 is 2.11 bits per heavy atom. The number of nitrogens with one attached hydrogen (secondary N) is 2. The Hall–Kier alpha value is -1.92. The summed E-state index contributed by atoms with van der Waals surface area (Å²) in [4.78, 5) is 13.8. The zero-order chi connectivity index (χ0) is 18.8. The van der Waals surface area contributed by atoms with Crippen molar-refractivity contribution in [3.05, 3.63) is 46.0 Å². The normalized spacial score (nSPS) is 29.9. The number of hydrogen-bond acceptors (Lipinski definition) is 5. The summed E-state index contributed by atoms with van der Waals surface area (Å²) in [5, 5.41) is 8.61. The molecule has 4 N–H and O–H groups in total. The van der Waals surface area contributed by atoms with Crippen molar-refractivity contribution in [1.82, 2.24) is 5.32 Å². The highest BCUT2D eigenvalue weighted by atomic mass is 32.2. The molecule has 0 saturated heterocycles. The van der Waals surface area contributed by atoms with Crippen molar-refractivity contribution in [2.24, 2.45) is 23.5 Å². The van der Waals surface area contributed by atoms with E-state index in [4.69, 9.17) is 10.5 Å². The Balaban J connectivity index is 1.52. The summed E-state index contributed by atoms with van der Waals surface area (Å²) in [6.07, 6.45) is 8.48. The number of amides is 1. The highest BCUT2D eigenvalue weighted by Gasteiger charge is 2.30. The largest absolute Gasteiger partial charge is 0.497 e. The van der Waals surface area contributed by atoms with E-state index in [0.717, 1.165) is 24.5 Å². The first-order chi connectivity index (χ1) is 13.2. The van der Waals surface area contributed by atoms with Crippen LogP contribution in [0.15, 0.2) is 40.4 Å². The Kier molecular flexibility index (Phi) is 5.45. The SMILES string of the molecule is COc1ccc2c(c1)C(=O)NC(=C1SC=CC1CC1CCCC(CN)C1)N2. The van der Waals surface area contributed by atoms with Crippen LogP contribution in [-0.2, 0) is 0 Å². The van der Waals surface area contributed by atoms with E-state index >= 15 is 0 Å². The molecule has 0 spiro atoms. The quantitative estimate of drug-likeness (QED) is 0.729. The van der Waals surface area contributed by atoms with Crippen LogP contribution in [0.2, 0.25) is 0 Å². The number of benzene rings is 1. The maximum atomic E-state index is 12.6. The zero-order valence-electron chi connectivity index (χ0n) is 15.7. The van der Waals surface area contributed by atoms with Gasteiger partial charge in [-0.2, -0.15) is 0 Å². The maximum Gasteiger partial charge on any atom is 0.259 e. The highest BCUT2D eigenvalue weighted by molar-refractivity contribution is 8.06. The fourth-order valence-electron chi connectivity index (χ4n) is 4.42. The van der Waals surface area contributed by atoms with Crippen molar-refractivity contribution in [2.75, 3.05) is 19.0 Å². The van der Waals surface area contributed by atoms with Crippen LogP contribution in [0, 0.1) is 17.8 Å². The molecule has 3 unspecified atom stereocenters. The van der Waals surface area contributed by atoms with E-state index in [9.17, 15) is 4.79 Å². The highest BCUT2D eigenvalue weighted by Crippen LogP contribution is 2.43. The molecule has 4 rings (SSSR count). The molecule has 6 heteroatoms. The molecule has 3 aliphatic rings. The van der Waals surface area contributed by atoms with Crippen molar-refractivity contribution in [2.45, 2.75) is 32.1 Å². The summed E-state index contributed by atoms with van der Waals surface area (Å²) < 4.78 is 5.23. The van der Waals surface area contributed by atoms with Gasteiger partial charge in [-0.25, -0.2) is 0 Å². The number of rotatable bonds is 4. The van der Waals surface area contributed by atoms with Crippen LogP contribution in [0.25, 0.3) is 0 Å². The van der Waals surface area contributed by atoms with Crippen molar-refractivity contribution in [1.29, 1.82) is 0 Å². The van der Waals surface area contributed by atoms with E-state index in [1.54, 1.807) is 24.9 Å². The van der Waals surface area contributed by atoms with Crippen LogP contribution in [0.1, 0.15) is 42.5 Å². The molecule has 2 aliphatic heterocycles. The first kappa shape index (κ1) is 18.4. The van der Waals surface area contributed by atoms with Gasteiger partial charge in [0.05, 0.1) is 18.4 Å². The molecule has 3 atom stereocenters. The van der Waals surface area contributed by atoms with Gasteiger partial charge in [0.15, 0.2) is 0 Å². The minimum Gasteiger partial charge on any atom is -0.497 e. The summed E-state index contributed by atoms with van der Waals surface area (Å²) in [7, 11) is 1.61. The first-order valence-corrected chi connectivity index (χ1v) is 10.6. The van der Waals surface area contributed by atoms with E-state index < -0.39 is 0 Å². The lowest BCUT2D eigenvalue weighted by Crippen LogP contribution is -2.34. The number of methoxy groups -OCH3 is 1. The number of carbonyl (C=O) groups is 1. The van der Waals surface area contributed by atoms with Gasteiger partial charge >= 0.3 is 0 Å². The first-order valence-electron chi connectivity index (χ1n) is 9.72. The summed E-state index contributed by atoms with van der Waals surface area (Å²) >= 11 is 1.71. The molecule has 1 aromatic carbocycles. The molecule has 2 heterocycles. The van der Waals surface area contributed by atoms with Gasteiger partial charge in [-0.15, -0.1) is 0 Å². The van der Waals surface area contributed by atoms with Gasteiger partial charge in [-0.1, -0.05) is 30.7 Å². The number of carbonyl (C=O) groups excluding carboxylic acids is 1. The zero-order valence-corrected chi connectivity index (χ0v) is 16.5. The minimum absolute atomic E-state index is 0.0859. The van der Waals surface area contributed by atoms with Gasteiger partial charge in [0, 0.05) is 10.8 Å². The van der Waals surface area contributed by atoms with E-state index in [1.807, 2.05) is 12.1 Å². The second-order valence-electron chi connectivity index (χ2n) is 7.65. The van der Waals surface area contributed by atoms with Gasteiger partial charge in [0.25, 0.3) is 5.91 Å². The smallest absolute Gasteiger partial charge is 0.259 e. The van der Waals surface area contributed by atoms with Gasteiger partial charge in [0.1, 0.15) is 11.6 Å². The lowest BCUT2D eigenvalue weighted by Gasteiger charge is -2.31. The summed E-state index contributed by atoms with van der Waals surface area (Å²) in [5.74, 6) is 3.17. The molecule has 1 fully saturated rings.